The molecule has 2 amide bonds. The molecular weight excluding hydrogens is 212 g/mol. The summed E-state index contributed by atoms with van der Waals surface area (Å²) in [6.45, 7) is 3.86. The van der Waals surface area contributed by atoms with E-state index in [4.69, 9.17) is 5.11 Å². The molecule has 0 aromatic rings. The maximum atomic E-state index is 11.4. The summed E-state index contributed by atoms with van der Waals surface area (Å²) >= 11 is 0. The number of carboxylic acid groups (broad SMARTS) is 1. The van der Waals surface area contributed by atoms with Gasteiger partial charge in [0.1, 0.15) is 0 Å². The van der Waals surface area contributed by atoms with Gasteiger partial charge in [-0.2, -0.15) is 0 Å². The molecule has 0 aromatic heterocycles. The summed E-state index contributed by atoms with van der Waals surface area (Å²) in [4.78, 5) is 33.4. The summed E-state index contributed by atoms with van der Waals surface area (Å²) < 4.78 is 0. The van der Waals surface area contributed by atoms with Crippen molar-refractivity contribution in [2.45, 2.75) is 13.8 Å². The molecule has 90 valence electrons. The maximum Gasteiger partial charge on any atom is 0.331 e. The molecule has 16 heavy (non-hydrogen) atoms. The van der Waals surface area contributed by atoms with E-state index in [0.717, 1.165) is 0 Å². The van der Waals surface area contributed by atoms with E-state index in [0.29, 0.717) is 13.0 Å². The van der Waals surface area contributed by atoms with Gasteiger partial charge in [0, 0.05) is 18.7 Å². The number of likely N-dealkylation sites (N-methyl/N-ethyl adjacent to an activating group) is 1. The van der Waals surface area contributed by atoms with Gasteiger partial charge in [-0.3, -0.25) is 9.59 Å². The number of hydrogen-bond donors (Lipinski definition) is 2. The molecule has 0 fully saturated rings. The van der Waals surface area contributed by atoms with Gasteiger partial charge < -0.3 is 15.3 Å². The second-order valence-electron chi connectivity index (χ2n) is 3.12. The van der Waals surface area contributed by atoms with Crippen LogP contribution < -0.4 is 5.32 Å². The van der Waals surface area contributed by atoms with Crippen molar-refractivity contribution in [2.24, 2.45) is 0 Å². The molecule has 0 aromatic carbocycles. The zero-order valence-corrected chi connectivity index (χ0v) is 9.40. The number of rotatable bonds is 7. The van der Waals surface area contributed by atoms with E-state index in [2.05, 4.69) is 5.32 Å². The molecule has 0 aliphatic carbocycles. The van der Waals surface area contributed by atoms with Gasteiger partial charge in [-0.15, -0.1) is 0 Å². The topological polar surface area (TPSA) is 86.7 Å². The van der Waals surface area contributed by atoms with Crippen LogP contribution in [-0.4, -0.2) is 47.9 Å². The fourth-order valence-electron chi connectivity index (χ4n) is 0.982. The molecule has 6 heteroatoms. The number of amides is 2. The normalized spacial score (nSPS) is 10.8. The lowest BCUT2D eigenvalue weighted by Crippen LogP contribution is -2.38. The summed E-state index contributed by atoms with van der Waals surface area (Å²) in [5.74, 6) is -1.25. The number of hydrogen-bond acceptors (Lipinski definition) is 3. The quantitative estimate of drug-likeness (QED) is 0.459. The van der Waals surface area contributed by atoms with Crippen LogP contribution in [0.1, 0.15) is 13.8 Å². The van der Waals surface area contributed by atoms with Crippen molar-refractivity contribution in [2.75, 3.05) is 19.6 Å². The Hall–Kier alpha value is -1.85. The Morgan fingerprint density at radius 2 is 2.06 bits per heavy atom. The molecule has 0 radical (unpaired) electrons. The summed E-state index contributed by atoms with van der Waals surface area (Å²) in [7, 11) is 0. The summed E-state index contributed by atoms with van der Waals surface area (Å²) in [6, 6.07) is 0. The van der Waals surface area contributed by atoms with Gasteiger partial charge in [0.25, 0.3) is 0 Å². The maximum absolute atomic E-state index is 11.4. The van der Waals surface area contributed by atoms with E-state index in [1.807, 2.05) is 0 Å². The number of nitrogens with one attached hydrogen (secondary N) is 1. The van der Waals surface area contributed by atoms with Crippen molar-refractivity contribution in [3.8, 4) is 0 Å². The number of nitrogens with zero attached hydrogens (tertiary/aromatic N) is 1. The molecule has 0 unspecified atom stereocenters. The van der Waals surface area contributed by atoms with Crippen LogP contribution in [-0.2, 0) is 14.4 Å². The summed E-state index contributed by atoms with van der Waals surface area (Å²) in [5.41, 5.74) is 0.189. The summed E-state index contributed by atoms with van der Waals surface area (Å²) in [5, 5.41) is 10.9. The van der Waals surface area contributed by atoms with Crippen LogP contribution in [0.3, 0.4) is 0 Å². The third-order valence-corrected chi connectivity index (χ3v) is 2.03. The molecule has 0 aliphatic heterocycles. The Kier molecular flexibility index (Phi) is 6.58. The average molecular weight is 228 g/mol. The van der Waals surface area contributed by atoms with E-state index in [-0.39, 0.29) is 24.6 Å². The van der Waals surface area contributed by atoms with Crippen molar-refractivity contribution in [3.05, 3.63) is 11.6 Å². The highest BCUT2D eigenvalue weighted by Crippen LogP contribution is 1.95. The minimum Gasteiger partial charge on any atom is -0.478 e. The van der Waals surface area contributed by atoms with E-state index in [1.165, 1.54) is 17.9 Å². The van der Waals surface area contributed by atoms with Crippen LogP contribution in [0.2, 0.25) is 0 Å². The Bertz CT molecular complexity index is 299. The molecule has 0 rings (SSSR count). The summed E-state index contributed by atoms with van der Waals surface area (Å²) in [6.07, 6.45) is 1.91. The smallest absolute Gasteiger partial charge is 0.331 e. The standard InChI is InChI=1S/C10H16N2O4/c1-3-12(9(14)6-11-7-13)5-4-8(2)10(15)16/h4,7H,3,5-6H2,1-2H3,(H,11,13)(H,15,16)/b8-4+. The molecule has 0 saturated heterocycles. The number of carboxylic acids is 1. The predicted octanol–water partition coefficient (Wildman–Crippen LogP) is -0.388. The van der Waals surface area contributed by atoms with Crippen molar-refractivity contribution in [1.82, 2.24) is 10.2 Å². The first-order valence-corrected chi connectivity index (χ1v) is 4.87. The van der Waals surface area contributed by atoms with Crippen molar-refractivity contribution in [1.29, 1.82) is 0 Å². The zero-order valence-electron chi connectivity index (χ0n) is 9.40. The molecule has 6 nitrogen and oxygen atoms in total. The number of carbonyl (C=O) groups is 3. The molecule has 0 aliphatic rings. The second-order valence-corrected chi connectivity index (χ2v) is 3.12. The van der Waals surface area contributed by atoms with Gasteiger partial charge in [-0.05, 0) is 13.8 Å². The van der Waals surface area contributed by atoms with Crippen molar-refractivity contribution < 1.29 is 19.5 Å². The Balaban J connectivity index is 4.29. The monoisotopic (exact) mass is 228 g/mol. The zero-order chi connectivity index (χ0) is 12.6. The fourth-order valence-corrected chi connectivity index (χ4v) is 0.982. The molecular formula is C10H16N2O4. The molecule has 0 bridgehead atoms. The minimum atomic E-state index is -1.01. The largest absolute Gasteiger partial charge is 0.478 e. The molecule has 2 N–H and O–H groups in total. The molecule has 0 saturated carbocycles. The van der Waals surface area contributed by atoms with Crippen LogP contribution in [0.25, 0.3) is 0 Å². The van der Waals surface area contributed by atoms with E-state index >= 15 is 0 Å². The van der Waals surface area contributed by atoms with Gasteiger partial charge in [-0.1, -0.05) is 6.08 Å². The first kappa shape index (κ1) is 14.2. The third-order valence-electron chi connectivity index (χ3n) is 2.03. The Morgan fingerprint density at radius 1 is 1.44 bits per heavy atom. The number of carbonyl (C=O) groups excluding carboxylic acids is 2. The van der Waals surface area contributed by atoms with E-state index in [1.54, 1.807) is 6.92 Å². The SMILES string of the molecule is CCN(C/C=C(\C)C(=O)O)C(=O)CNC=O. The lowest BCUT2D eigenvalue weighted by molar-refractivity contribution is -0.133. The Labute approximate surface area is 93.9 Å². The van der Waals surface area contributed by atoms with Crippen molar-refractivity contribution in [3.63, 3.8) is 0 Å². The van der Waals surface area contributed by atoms with Gasteiger partial charge in [-0.25, -0.2) is 4.79 Å². The first-order chi connectivity index (χ1) is 7.52. The van der Waals surface area contributed by atoms with E-state index in [9.17, 15) is 14.4 Å². The highest BCUT2D eigenvalue weighted by atomic mass is 16.4. The van der Waals surface area contributed by atoms with Crippen LogP contribution in [0.4, 0.5) is 0 Å². The minimum absolute atomic E-state index is 0.0721. The highest BCUT2D eigenvalue weighted by Gasteiger charge is 2.10. The van der Waals surface area contributed by atoms with Gasteiger partial charge in [0.2, 0.25) is 12.3 Å². The van der Waals surface area contributed by atoms with Crippen LogP contribution in [0.5, 0.6) is 0 Å². The average Bonchev–Trinajstić information content (AvgIpc) is 2.26. The molecule has 0 heterocycles. The highest BCUT2D eigenvalue weighted by molar-refractivity contribution is 5.86. The molecule has 0 atom stereocenters. The second kappa shape index (κ2) is 7.44. The lowest BCUT2D eigenvalue weighted by atomic mass is 10.3. The van der Waals surface area contributed by atoms with Crippen LogP contribution in [0, 0.1) is 0 Å². The lowest BCUT2D eigenvalue weighted by Gasteiger charge is -2.18. The molecule has 0 spiro atoms. The first-order valence-electron chi connectivity index (χ1n) is 4.87. The van der Waals surface area contributed by atoms with Crippen LogP contribution in [0.15, 0.2) is 11.6 Å². The fraction of sp³-hybridized carbons (Fsp3) is 0.500. The van der Waals surface area contributed by atoms with Crippen LogP contribution >= 0.6 is 0 Å². The Morgan fingerprint density at radius 3 is 2.50 bits per heavy atom. The van der Waals surface area contributed by atoms with Gasteiger partial charge in [0.15, 0.2) is 0 Å². The number of aliphatic carboxylic acids is 1. The van der Waals surface area contributed by atoms with Crippen molar-refractivity contribution >= 4 is 18.3 Å². The van der Waals surface area contributed by atoms with Gasteiger partial charge in [0.05, 0.1) is 6.54 Å². The van der Waals surface area contributed by atoms with Gasteiger partial charge >= 0.3 is 5.97 Å². The predicted molar refractivity (Wildman–Crippen MR) is 57.7 cm³/mol. The van der Waals surface area contributed by atoms with E-state index < -0.39 is 5.97 Å². The third kappa shape index (κ3) is 5.14.